The number of carbonyl (C=O) groups is 1. The van der Waals surface area contributed by atoms with Crippen LogP contribution < -0.4 is 5.32 Å². The lowest BCUT2D eigenvalue weighted by Crippen LogP contribution is -2.42. The average Bonchev–Trinajstić information content (AvgIpc) is 3.32. The van der Waals surface area contributed by atoms with E-state index in [-0.39, 0.29) is 11.8 Å². The molecule has 1 atom stereocenters. The fraction of sp³-hybridized carbons (Fsp3) is 0.545. The minimum Gasteiger partial charge on any atom is -0.356 e. The summed E-state index contributed by atoms with van der Waals surface area (Å²) in [4.78, 5) is 19.2. The number of hydrogen-bond acceptors (Lipinski definition) is 6. The normalized spacial score (nSPS) is 17.5. The maximum atomic E-state index is 12.3. The highest BCUT2D eigenvalue weighted by Crippen LogP contribution is 2.34. The number of piperidine rings is 1. The number of aryl methyl sites for hydroxylation is 2. The van der Waals surface area contributed by atoms with E-state index in [0.717, 1.165) is 73.6 Å². The molecule has 1 aliphatic heterocycles. The lowest BCUT2D eigenvalue weighted by atomic mass is 9.91. The average molecular weight is 411 g/mol. The van der Waals surface area contributed by atoms with E-state index in [4.69, 9.17) is 9.62 Å². The number of carbonyl (C=O) groups excluding carboxylic acids is 1. The Morgan fingerprint density at radius 1 is 1.30 bits per heavy atom. The molecule has 3 aromatic heterocycles. The van der Waals surface area contributed by atoms with Crippen LogP contribution in [-0.2, 0) is 4.79 Å². The lowest BCUT2D eigenvalue weighted by Gasteiger charge is -2.33. The van der Waals surface area contributed by atoms with E-state index >= 15 is 0 Å². The van der Waals surface area contributed by atoms with Crippen LogP contribution >= 0.6 is 0 Å². The van der Waals surface area contributed by atoms with Gasteiger partial charge in [-0.2, -0.15) is 5.10 Å². The molecule has 30 heavy (non-hydrogen) atoms. The number of hydrogen-bond donors (Lipinski definition) is 1. The van der Waals surface area contributed by atoms with E-state index in [1.165, 1.54) is 0 Å². The summed E-state index contributed by atoms with van der Waals surface area (Å²) in [5.74, 6) is 1.04. The van der Waals surface area contributed by atoms with Gasteiger partial charge in [0.15, 0.2) is 11.4 Å². The number of nitrogens with one attached hydrogen (secondary N) is 1. The SMILES string of the molecule is CCCCNC(=O)CN1CCC[C@@H](c2c(-c3cc(C)no3)cnc3cc(C)nn23)C1. The number of unbranched alkanes of at least 4 members (excludes halogenated alkanes) is 1. The Morgan fingerprint density at radius 2 is 2.17 bits per heavy atom. The fourth-order valence-electron chi connectivity index (χ4n) is 4.23. The summed E-state index contributed by atoms with van der Waals surface area (Å²) in [6.45, 7) is 8.94. The van der Waals surface area contributed by atoms with E-state index in [0.29, 0.717) is 12.3 Å². The minimum atomic E-state index is 0.102. The molecule has 0 radical (unpaired) electrons. The van der Waals surface area contributed by atoms with Crippen LogP contribution in [0.15, 0.2) is 22.9 Å². The minimum absolute atomic E-state index is 0.102. The quantitative estimate of drug-likeness (QED) is 0.602. The summed E-state index contributed by atoms with van der Waals surface area (Å²) < 4.78 is 7.52. The van der Waals surface area contributed by atoms with Gasteiger partial charge >= 0.3 is 0 Å². The molecule has 4 rings (SSSR count). The molecule has 0 unspecified atom stereocenters. The van der Waals surface area contributed by atoms with E-state index in [1.54, 1.807) is 0 Å². The number of rotatable bonds is 7. The third-order valence-electron chi connectivity index (χ3n) is 5.65. The Morgan fingerprint density at radius 3 is 2.93 bits per heavy atom. The van der Waals surface area contributed by atoms with Gasteiger partial charge in [-0.05, 0) is 39.7 Å². The molecule has 3 aromatic rings. The zero-order valence-corrected chi connectivity index (χ0v) is 18.0. The molecule has 1 saturated heterocycles. The molecule has 0 bridgehead atoms. The van der Waals surface area contributed by atoms with Gasteiger partial charge in [0.05, 0.1) is 29.2 Å². The third kappa shape index (κ3) is 4.38. The molecule has 8 nitrogen and oxygen atoms in total. The predicted molar refractivity (Wildman–Crippen MR) is 114 cm³/mol. The van der Waals surface area contributed by atoms with Crippen molar-refractivity contribution in [2.45, 2.75) is 52.4 Å². The van der Waals surface area contributed by atoms with Gasteiger partial charge in [-0.1, -0.05) is 18.5 Å². The molecule has 0 aliphatic carbocycles. The molecule has 0 saturated carbocycles. The van der Waals surface area contributed by atoms with Gasteiger partial charge in [-0.15, -0.1) is 0 Å². The third-order valence-corrected chi connectivity index (χ3v) is 5.65. The lowest BCUT2D eigenvalue weighted by molar-refractivity contribution is -0.122. The van der Waals surface area contributed by atoms with Crippen LogP contribution in [0.3, 0.4) is 0 Å². The van der Waals surface area contributed by atoms with Crippen LogP contribution in [0.4, 0.5) is 0 Å². The summed E-state index contributed by atoms with van der Waals surface area (Å²) in [6.07, 6.45) is 6.03. The van der Waals surface area contributed by atoms with Crippen LogP contribution in [0.25, 0.3) is 17.0 Å². The molecule has 8 heteroatoms. The van der Waals surface area contributed by atoms with Crippen LogP contribution in [0.5, 0.6) is 0 Å². The molecular formula is C22H30N6O2. The first-order valence-corrected chi connectivity index (χ1v) is 10.8. The highest BCUT2D eigenvalue weighted by Gasteiger charge is 2.29. The first-order valence-electron chi connectivity index (χ1n) is 10.8. The second-order valence-electron chi connectivity index (χ2n) is 8.22. The van der Waals surface area contributed by atoms with Gasteiger partial charge in [0.2, 0.25) is 5.91 Å². The summed E-state index contributed by atoms with van der Waals surface area (Å²) in [5, 5.41) is 11.8. The number of likely N-dealkylation sites (tertiary alicyclic amines) is 1. The van der Waals surface area contributed by atoms with Crippen molar-refractivity contribution in [2.75, 3.05) is 26.2 Å². The summed E-state index contributed by atoms with van der Waals surface area (Å²) in [7, 11) is 0. The predicted octanol–water partition coefficient (Wildman–Crippen LogP) is 3.10. The fourth-order valence-corrected chi connectivity index (χ4v) is 4.23. The first kappa shape index (κ1) is 20.5. The van der Waals surface area contributed by atoms with Crippen molar-refractivity contribution in [1.82, 2.24) is 30.0 Å². The zero-order valence-electron chi connectivity index (χ0n) is 18.0. The summed E-state index contributed by atoms with van der Waals surface area (Å²) in [5.41, 5.74) is 4.60. The molecular weight excluding hydrogens is 380 g/mol. The number of fused-ring (bicyclic) bond motifs is 1. The van der Waals surface area contributed by atoms with Crippen molar-refractivity contribution < 1.29 is 9.32 Å². The molecule has 0 aromatic carbocycles. The molecule has 4 heterocycles. The summed E-state index contributed by atoms with van der Waals surface area (Å²) in [6, 6.07) is 3.92. The maximum Gasteiger partial charge on any atom is 0.234 e. The smallest absolute Gasteiger partial charge is 0.234 e. The van der Waals surface area contributed by atoms with Crippen LogP contribution in [0.1, 0.15) is 55.6 Å². The van der Waals surface area contributed by atoms with Crippen LogP contribution in [-0.4, -0.2) is 56.7 Å². The Hall–Kier alpha value is -2.74. The van der Waals surface area contributed by atoms with Crippen molar-refractivity contribution in [3.05, 3.63) is 35.4 Å². The molecule has 1 aliphatic rings. The number of aromatic nitrogens is 4. The van der Waals surface area contributed by atoms with Crippen molar-refractivity contribution in [3.63, 3.8) is 0 Å². The van der Waals surface area contributed by atoms with Gasteiger partial charge in [0.25, 0.3) is 0 Å². The zero-order chi connectivity index (χ0) is 21.1. The summed E-state index contributed by atoms with van der Waals surface area (Å²) >= 11 is 0. The standard InChI is InChI=1S/C22H30N6O2/c1-4-5-8-23-21(29)14-27-9-6-7-17(13-27)22-18(19-10-16(3)26-30-19)12-24-20-11-15(2)25-28(20)22/h10-12,17H,4-9,13-14H2,1-3H3,(H,23,29)/t17-/m1/s1. The van der Waals surface area contributed by atoms with Crippen molar-refractivity contribution in [2.24, 2.45) is 0 Å². The van der Waals surface area contributed by atoms with Gasteiger partial charge in [-0.3, -0.25) is 9.69 Å². The van der Waals surface area contributed by atoms with E-state index in [2.05, 4.69) is 27.3 Å². The Balaban J connectivity index is 1.62. The van der Waals surface area contributed by atoms with Crippen LogP contribution in [0.2, 0.25) is 0 Å². The van der Waals surface area contributed by atoms with E-state index < -0.39 is 0 Å². The first-order chi connectivity index (χ1) is 14.5. The maximum absolute atomic E-state index is 12.3. The van der Waals surface area contributed by atoms with E-state index in [9.17, 15) is 4.79 Å². The topological polar surface area (TPSA) is 88.6 Å². The second-order valence-corrected chi connectivity index (χ2v) is 8.22. The van der Waals surface area contributed by atoms with Gasteiger partial charge in [-0.25, -0.2) is 9.50 Å². The monoisotopic (exact) mass is 410 g/mol. The highest BCUT2D eigenvalue weighted by atomic mass is 16.5. The van der Waals surface area contributed by atoms with Gasteiger partial charge in [0.1, 0.15) is 0 Å². The van der Waals surface area contributed by atoms with Gasteiger partial charge < -0.3 is 9.84 Å². The Labute approximate surface area is 176 Å². The van der Waals surface area contributed by atoms with Crippen molar-refractivity contribution in [3.8, 4) is 11.3 Å². The van der Waals surface area contributed by atoms with E-state index in [1.807, 2.05) is 36.7 Å². The Bertz CT molecular complexity index is 1020. The highest BCUT2D eigenvalue weighted by molar-refractivity contribution is 5.78. The molecule has 1 fully saturated rings. The second kappa shape index (κ2) is 8.95. The molecule has 1 N–H and O–H groups in total. The number of nitrogens with zero attached hydrogens (tertiary/aromatic N) is 5. The molecule has 1 amide bonds. The molecule has 160 valence electrons. The van der Waals surface area contributed by atoms with Crippen molar-refractivity contribution in [1.29, 1.82) is 0 Å². The Kier molecular flexibility index (Phi) is 6.13. The van der Waals surface area contributed by atoms with Crippen molar-refractivity contribution >= 4 is 11.6 Å². The molecule has 0 spiro atoms. The number of amides is 1. The van der Waals surface area contributed by atoms with Gasteiger partial charge in [0, 0.05) is 37.3 Å². The largest absolute Gasteiger partial charge is 0.356 e. The van der Waals surface area contributed by atoms with Crippen LogP contribution in [0, 0.1) is 13.8 Å².